The topological polar surface area (TPSA) is 35.5 Å². The SMILES string of the molecule is CCCCOc1cccc(OC)c1C(C)=O. The van der Waals surface area contributed by atoms with Crippen LogP contribution in [0.1, 0.15) is 37.0 Å². The number of ketones is 1. The van der Waals surface area contributed by atoms with Crippen LogP contribution in [-0.2, 0) is 0 Å². The molecule has 0 saturated carbocycles. The quantitative estimate of drug-likeness (QED) is 0.548. The molecule has 0 aromatic heterocycles. The van der Waals surface area contributed by atoms with E-state index in [1.165, 1.54) is 6.92 Å². The van der Waals surface area contributed by atoms with Gasteiger partial charge in [0, 0.05) is 0 Å². The van der Waals surface area contributed by atoms with E-state index in [1.54, 1.807) is 19.2 Å². The molecule has 1 rings (SSSR count). The van der Waals surface area contributed by atoms with Crippen LogP contribution in [-0.4, -0.2) is 19.5 Å². The number of ether oxygens (including phenoxy) is 2. The summed E-state index contributed by atoms with van der Waals surface area (Å²) in [6.07, 6.45) is 2.05. The van der Waals surface area contributed by atoms with E-state index < -0.39 is 0 Å². The van der Waals surface area contributed by atoms with Gasteiger partial charge in [-0.2, -0.15) is 0 Å². The summed E-state index contributed by atoms with van der Waals surface area (Å²) in [6.45, 7) is 4.25. The third-order valence-electron chi connectivity index (χ3n) is 2.32. The standard InChI is InChI=1S/C13H18O3/c1-4-5-9-16-12-8-6-7-11(15-3)13(12)10(2)14/h6-8H,4-5,9H2,1-3H3. The summed E-state index contributed by atoms with van der Waals surface area (Å²) in [5.74, 6) is 1.14. The molecule has 0 unspecified atom stereocenters. The maximum absolute atomic E-state index is 11.5. The summed E-state index contributed by atoms with van der Waals surface area (Å²) in [4.78, 5) is 11.5. The summed E-state index contributed by atoms with van der Waals surface area (Å²) < 4.78 is 10.7. The Morgan fingerprint density at radius 1 is 1.31 bits per heavy atom. The molecule has 1 aromatic carbocycles. The summed E-state index contributed by atoms with van der Waals surface area (Å²) in [5, 5.41) is 0. The molecule has 16 heavy (non-hydrogen) atoms. The second-order valence-electron chi connectivity index (χ2n) is 3.59. The lowest BCUT2D eigenvalue weighted by Gasteiger charge is -2.12. The Morgan fingerprint density at radius 3 is 2.56 bits per heavy atom. The van der Waals surface area contributed by atoms with Crippen molar-refractivity contribution in [2.45, 2.75) is 26.7 Å². The largest absolute Gasteiger partial charge is 0.496 e. The van der Waals surface area contributed by atoms with Crippen LogP contribution in [0.2, 0.25) is 0 Å². The predicted octanol–water partition coefficient (Wildman–Crippen LogP) is 3.08. The Bertz CT molecular complexity index is 358. The van der Waals surface area contributed by atoms with Crippen LogP contribution in [0.25, 0.3) is 0 Å². The normalized spacial score (nSPS) is 9.94. The van der Waals surface area contributed by atoms with Gasteiger partial charge in [0.2, 0.25) is 0 Å². The number of hydrogen-bond donors (Lipinski definition) is 0. The van der Waals surface area contributed by atoms with Crippen LogP contribution < -0.4 is 9.47 Å². The van der Waals surface area contributed by atoms with Crippen molar-refractivity contribution in [3.63, 3.8) is 0 Å². The van der Waals surface area contributed by atoms with Gasteiger partial charge in [-0.3, -0.25) is 4.79 Å². The summed E-state index contributed by atoms with van der Waals surface area (Å²) in [7, 11) is 1.55. The molecule has 0 heterocycles. The molecular weight excluding hydrogens is 204 g/mol. The minimum absolute atomic E-state index is 0.0380. The second kappa shape index (κ2) is 6.16. The first-order chi connectivity index (χ1) is 7.70. The second-order valence-corrected chi connectivity index (χ2v) is 3.59. The minimum atomic E-state index is -0.0380. The van der Waals surface area contributed by atoms with Gasteiger partial charge >= 0.3 is 0 Å². The molecule has 0 bridgehead atoms. The molecule has 0 aliphatic heterocycles. The highest BCUT2D eigenvalue weighted by Crippen LogP contribution is 2.28. The fourth-order valence-corrected chi connectivity index (χ4v) is 1.47. The molecule has 88 valence electrons. The fourth-order valence-electron chi connectivity index (χ4n) is 1.47. The summed E-state index contributed by atoms with van der Waals surface area (Å²) >= 11 is 0. The van der Waals surface area contributed by atoms with Crippen LogP contribution in [0.4, 0.5) is 0 Å². The Hall–Kier alpha value is -1.51. The van der Waals surface area contributed by atoms with Gasteiger partial charge in [0.05, 0.1) is 13.7 Å². The third kappa shape index (κ3) is 2.99. The molecule has 0 N–H and O–H groups in total. The van der Waals surface area contributed by atoms with Crippen molar-refractivity contribution >= 4 is 5.78 Å². The van der Waals surface area contributed by atoms with Crippen molar-refractivity contribution in [1.82, 2.24) is 0 Å². The van der Waals surface area contributed by atoms with Crippen LogP contribution in [0.3, 0.4) is 0 Å². The van der Waals surface area contributed by atoms with Crippen molar-refractivity contribution in [1.29, 1.82) is 0 Å². The van der Waals surface area contributed by atoms with Crippen LogP contribution in [0.5, 0.6) is 11.5 Å². The molecule has 0 fully saturated rings. The minimum Gasteiger partial charge on any atom is -0.496 e. The van der Waals surface area contributed by atoms with E-state index in [2.05, 4.69) is 6.92 Å². The van der Waals surface area contributed by atoms with Crippen LogP contribution in [0.15, 0.2) is 18.2 Å². The van der Waals surface area contributed by atoms with Crippen molar-refractivity contribution in [2.75, 3.05) is 13.7 Å². The Labute approximate surface area is 96.4 Å². The molecule has 0 aliphatic rings. The molecule has 1 aromatic rings. The lowest BCUT2D eigenvalue weighted by atomic mass is 10.1. The number of Topliss-reactive ketones (excluding diaryl/α,β-unsaturated/α-hetero) is 1. The van der Waals surface area contributed by atoms with E-state index in [4.69, 9.17) is 9.47 Å². The molecule has 0 atom stereocenters. The zero-order valence-corrected chi connectivity index (χ0v) is 10.1. The van der Waals surface area contributed by atoms with E-state index in [0.29, 0.717) is 23.7 Å². The highest BCUT2D eigenvalue weighted by Gasteiger charge is 2.14. The molecular formula is C13H18O3. The molecule has 0 radical (unpaired) electrons. The average Bonchev–Trinajstić information content (AvgIpc) is 2.28. The summed E-state index contributed by atoms with van der Waals surface area (Å²) in [5.41, 5.74) is 0.529. The molecule has 0 saturated heterocycles. The van der Waals surface area contributed by atoms with Gasteiger partial charge in [-0.15, -0.1) is 0 Å². The third-order valence-corrected chi connectivity index (χ3v) is 2.32. The lowest BCUT2D eigenvalue weighted by molar-refractivity contribution is 0.101. The number of benzene rings is 1. The number of carbonyl (C=O) groups excluding carboxylic acids is 1. The number of hydrogen-bond acceptors (Lipinski definition) is 3. The first kappa shape index (κ1) is 12.6. The van der Waals surface area contributed by atoms with Gasteiger partial charge in [0.1, 0.15) is 17.1 Å². The highest BCUT2D eigenvalue weighted by molar-refractivity contribution is 5.99. The highest BCUT2D eigenvalue weighted by atomic mass is 16.5. The van der Waals surface area contributed by atoms with Crippen LogP contribution in [0, 0.1) is 0 Å². The number of carbonyl (C=O) groups is 1. The van der Waals surface area contributed by atoms with Crippen LogP contribution >= 0.6 is 0 Å². The number of rotatable bonds is 6. The fraction of sp³-hybridized carbons (Fsp3) is 0.462. The van der Waals surface area contributed by atoms with E-state index >= 15 is 0 Å². The molecule has 0 amide bonds. The zero-order valence-electron chi connectivity index (χ0n) is 10.1. The van der Waals surface area contributed by atoms with Crippen molar-refractivity contribution in [2.24, 2.45) is 0 Å². The van der Waals surface area contributed by atoms with Gasteiger partial charge in [0.25, 0.3) is 0 Å². The van der Waals surface area contributed by atoms with Gasteiger partial charge in [-0.1, -0.05) is 19.4 Å². The Morgan fingerprint density at radius 2 is 2.00 bits per heavy atom. The predicted molar refractivity (Wildman–Crippen MR) is 63.4 cm³/mol. The van der Waals surface area contributed by atoms with E-state index in [9.17, 15) is 4.79 Å². The number of unbranched alkanes of at least 4 members (excludes halogenated alkanes) is 1. The number of methoxy groups -OCH3 is 1. The van der Waals surface area contributed by atoms with Crippen molar-refractivity contribution in [3.8, 4) is 11.5 Å². The molecule has 0 spiro atoms. The van der Waals surface area contributed by atoms with E-state index in [1.807, 2.05) is 6.07 Å². The maximum atomic E-state index is 11.5. The van der Waals surface area contributed by atoms with Crippen molar-refractivity contribution in [3.05, 3.63) is 23.8 Å². The van der Waals surface area contributed by atoms with Gasteiger partial charge in [0.15, 0.2) is 5.78 Å². The first-order valence-electron chi connectivity index (χ1n) is 5.51. The zero-order chi connectivity index (χ0) is 12.0. The Kier molecular flexibility index (Phi) is 4.83. The maximum Gasteiger partial charge on any atom is 0.167 e. The molecule has 3 heteroatoms. The lowest BCUT2D eigenvalue weighted by Crippen LogP contribution is -2.04. The van der Waals surface area contributed by atoms with E-state index in [0.717, 1.165) is 12.8 Å². The first-order valence-corrected chi connectivity index (χ1v) is 5.51. The van der Waals surface area contributed by atoms with Gasteiger partial charge in [-0.05, 0) is 25.5 Å². The monoisotopic (exact) mass is 222 g/mol. The average molecular weight is 222 g/mol. The molecule has 3 nitrogen and oxygen atoms in total. The van der Waals surface area contributed by atoms with Crippen molar-refractivity contribution < 1.29 is 14.3 Å². The Balaban J connectivity index is 2.93. The van der Waals surface area contributed by atoms with E-state index in [-0.39, 0.29) is 5.78 Å². The smallest absolute Gasteiger partial charge is 0.167 e. The molecule has 0 aliphatic carbocycles. The summed E-state index contributed by atoms with van der Waals surface area (Å²) in [6, 6.07) is 5.39. The van der Waals surface area contributed by atoms with Gasteiger partial charge < -0.3 is 9.47 Å². The van der Waals surface area contributed by atoms with Gasteiger partial charge in [-0.25, -0.2) is 0 Å².